The quantitative estimate of drug-likeness (QED) is 0.626. The molecule has 0 rings (SSSR count). The summed E-state index contributed by atoms with van der Waals surface area (Å²) in [5.41, 5.74) is 0. The van der Waals surface area contributed by atoms with Gasteiger partial charge in [-0.25, -0.2) is 0 Å². The van der Waals surface area contributed by atoms with Crippen molar-refractivity contribution in [3.63, 3.8) is 0 Å². The molecule has 1 heteroatoms. The van der Waals surface area contributed by atoms with Crippen molar-refractivity contribution in [3.8, 4) is 0 Å². The molecule has 13 heavy (non-hydrogen) atoms. The topological polar surface area (TPSA) is 0 Å². The van der Waals surface area contributed by atoms with E-state index in [2.05, 4.69) is 41.5 Å². The van der Waals surface area contributed by atoms with E-state index in [0.717, 1.165) is 19.3 Å². The van der Waals surface area contributed by atoms with Gasteiger partial charge >= 0.3 is 0 Å². The largest absolute Gasteiger partial charge is 0.343 e. The molecule has 0 aromatic carbocycles. The second-order valence-corrected chi connectivity index (χ2v) is 2.56. The fraction of sp³-hybridized carbons (Fsp3) is 0.750. The molecule has 0 fully saturated rings. The molecule has 0 nitrogen and oxygen atoms in total. The fourth-order valence-corrected chi connectivity index (χ4v) is 0. The zero-order valence-electron chi connectivity index (χ0n) is 9.68. The van der Waals surface area contributed by atoms with Crippen LogP contribution in [0.15, 0.2) is 0 Å². The SMILES string of the molecule is [CH2-]CCC.[CH2-]CCC.[CH2-]CCC.[Pt]. The van der Waals surface area contributed by atoms with Crippen LogP contribution in [0, 0.1) is 20.8 Å². The average molecular weight is 366 g/mol. The molecule has 0 heterocycles. The Morgan fingerprint density at radius 3 is 0.692 bits per heavy atom. The van der Waals surface area contributed by atoms with E-state index < -0.39 is 0 Å². The van der Waals surface area contributed by atoms with Gasteiger partial charge in [-0.2, -0.15) is 19.3 Å². The standard InChI is InChI=1S/3C4H9.Pt/c3*1-3-4-2;/h3*1,3-4H2,2H3;/q3*-1;. The predicted octanol–water partition coefficient (Wildman–Crippen LogP) is 4.86. The van der Waals surface area contributed by atoms with Crippen molar-refractivity contribution < 1.29 is 21.1 Å². The first-order valence-electron chi connectivity index (χ1n) is 5.12. The van der Waals surface area contributed by atoms with Crippen molar-refractivity contribution in [2.24, 2.45) is 0 Å². The number of hydrogen-bond donors (Lipinski definition) is 0. The molecule has 0 aromatic rings. The maximum absolute atomic E-state index is 3.60. The third-order valence-electron chi connectivity index (χ3n) is 1.06. The first kappa shape index (κ1) is 23.5. The third kappa shape index (κ3) is 107. The average Bonchev–Trinajstić information content (AvgIpc) is 2.18. The number of rotatable bonds is 3. The van der Waals surface area contributed by atoms with Gasteiger partial charge in [0.2, 0.25) is 0 Å². The molecule has 0 saturated carbocycles. The van der Waals surface area contributed by atoms with Crippen molar-refractivity contribution >= 4 is 0 Å². The molecule has 0 aliphatic rings. The van der Waals surface area contributed by atoms with Gasteiger partial charge in [0.15, 0.2) is 0 Å². The summed E-state index contributed by atoms with van der Waals surface area (Å²) >= 11 is 0. The summed E-state index contributed by atoms with van der Waals surface area (Å²) in [6.07, 6.45) is 6.83. The van der Waals surface area contributed by atoms with E-state index in [9.17, 15) is 0 Å². The van der Waals surface area contributed by atoms with Gasteiger partial charge in [-0.15, -0.1) is 0 Å². The van der Waals surface area contributed by atoms with E-state index in [0.29, 0.717) is 0 Å². The van der Waals surface area contributed by atoms with Gasteiger partial charge in [-0.05, 0) is 0 Å². The Morgan fingerprint density at radius 1 is 0.615 bits per heavy atom. The van der Waals surface area contributed by atoms with Crippen LogP contribution in [0.2, 0.25) is 0 Å². The Hall–Kier alpha value is 0.688. The van der Waals surface area contributed by atoms with E-state index >= 15 is 0 Å². The predicted molar refractivity (Wildman–Crippen MR) is 60.8 cm³/mol. The fourth-order valence-electron chi connectivity index (χ4n) is 0. The van der Waals surface area contributed by atoms with Crippen LogP contribution >= 0.6 is 0 Å². The molecule has 0 N–H and O–H groups in total. The normalized spacial score (nSPS) is 6.92. The van der Waals surface area contributed by atoms with Crippen LogP contribution in [-0.4, -0.2) is 0 Å². The first-order chi connectivity index (χ1) is 5.74. The summed E-state index contributed by atoms with van der Waals surface area (Å²) in [5, 5.41) is 0. The first-order valence-corrected chi connectivity index (χ1v) is 5.12. The van der Waals surface area contributed by atoms with Gasteiger partial charge < -0.3 is 20.8 Å². The minimum absolute atomic E-state index is 0. The third-order valence-corrected chi connectivity index (χ3v) is 1.06. The van der Waals surface area contributed by atoms with Gasteiger partial charge in [0.05, 0.1) is 0 Å². The Balaban J connectivity index is -0.0000000450. The van der Waals surface area contributed by atoms with E-state index in [1.54, 1.807) is 0 Å². The van der Waals surface area contributed by atoms with Crippen molar-refractivity contribution in [1.82, 2.24) is 0 Å². The van der Waals surface area contributed by atoms with Crippen molar-refractivity contribution in [2.75, 3.05) is 0 Å². The van der Waals surface area contributed by atoms with Crippen molar-refractivity contribution in [2.45, 2.75) is 59.3 Å². The molecule has 0 aliphatic carbocycles. The summed E-state index contributed by atoms with van der Waals surface area (Å²) in [6, 6.07) is 0. The summed E-state index contributed by atoms with van der Waals surface area (Å²) in [7, 11) is 0. The molecule has 0 spiro atoms. The molecule has 0 unspecified atom stereocenters. The summed E-state index contributed by atoms with van der Waals surface area (Å²) in [4.78, 5) is 0. The van der Waals surface area contributed by atoms with Crippen LogP contribution < -0.4 is 0 Å². The number of unbranched alkanes of at least 4 members (excludes halogenated alkanes) is 3. The molecule has 0 aliphatic heterocycles. The zero-order chi connectivity index (χ0) is 10.2. The minimum Gasteiger partial charge on any atom is -0.343 e. The van der Waals surface area contributed by atoms with Crippen molar-refractivity contribution in [3.05, 3.63) is 20.8 Å². The molecule has 88 valence electrons. The molecule has 0 radical (unpaired) electrons. The number of hydrogen-bond acceptors (Lipinski definition) is 0. The van der Waals surface area contributed by atoms with E-state index in [1.807, 2.05) is 0 Å². The zero-order valence-corrected chi connectivity index (χ0v) is 12.0. The molecule has 0 aromatic heterocycles. The summed E-state index contributed by atoms with van der Waals surface area (Å²) < 4.78 is 0. The molecule has 0 bridgehead atoms. The van der Waals surface area contributed by atoms with Crippen LogP contribution in [0.5, 0.6) is 0 Å². The Morgan fingerprint density at radius 2 is 0.692 bits per heavy atom. The minimum atomic E-state index is 0. The van der Waals surface area contributed by atoms with E-state index in [-0.39, 0.29) is 21.1 Å². The van der Waals surface area contributed by atoms with Gasteiger partial charge in [-0.3, -0.25) is 0 Å². The van der Waals surface area contributed by atoms with Gasteiger partial charge in [0.1, 0.15) is 0 Å². The van der Waals surface area contributed by atoms with Crippen LogP contribution in [0.3, 0.4) is 0 Å². The van der Waals surface area contributed by atoms with E-state index in [4.69, 9.17) is 0 Å². The van der Waals surface area contributed by atoms with E-state index in [1.165, 1.54) is 19.3 Å². The molecule has 0 atom stereocenters. The van der Waals surface area contributed by atoms with Gasteiger partial charge in [-0.1, -0.05) is 40.0 Å². The van der Waals surface area contributed by atoms with Crippen LogP contribution in [0.4, 0.5) is 0 Å². The molecule has 0 saturated heterocycles. The van der Waals surface area contributed by atoms with Crippen LogP contribution in [0.25, 0.3) is 0 Å². The summed E-state index contributed by atoms with van der Waals surface area (Å²) in [5.74, 6) is 0. The maximum Gasteiger partial charge on any atom is 0 e. The Kier molecular flexibility index (Phi) is 70.0. The maximum atomic E-state index is 3.60. The summed E-state index contributed by atoms with van der Waals surface area (Å²) in [6.45, 7) is 17.2. The Labute approximate surface area is 101 Å². The van der Waals surface area contributed by atoms with Crippen LogP contribution in [-0.2, 0) is 21.1 Å². The van der Waals surface area contributed by atoms with Gasteiger partial charge in [0, 0.05) is 21.1 Å². The molecular weight excluding hydrogens is 339 g/mol. The second kappa shape index (κ2) is 38.8. The molecular formula is C12H27Pt-3. The second-order valence-electron chi connectivity index (χ2n) is 2.56. The monoisotopic (exact) mass is 366 g/mol. The Bertz CT molecular complexity index is 20.6. The van der Waals surface area contributed by atoms with Crippen molar-refractivity contribution in [1.29, 1.82) is 0 Å². The molecule has 0 amide bonds. The van der Waals surface area contributed by atoms with Gasteiger partial charge in [0.25, 0.3) is 0 Å². The smallest absolute Gasteiger partial charge is 0 e. The van der Waals surface area contributed by atoms with Crippen LogP contribution in [0.1, 0.15) is 59.3 Å².